The van der Waals surface area contributed by atoms with Crippen molar-refractivity contribution >= 4 is 29.7 Å². The van der Waals surface area contributed by atoms with Crippen molar-refractivity contribution in [1.29, 1.82) is 0 Å². The molecule has 0 saturated heterocycles. The summed E-state index contributed by atoms with van der Waals surface area (Å²) in [6.45, 7) is 2.11. The van der Waals surface area contributed by atoms with E-state index >= 15 is 0 Å². The van der Waals surface area contributed by atoms with Crippen LogP contribution in [0.3, 0.4) is 0 Å². The summed E-state index contributed by atoms with van der Waals surface area (Å²) in [5.74, 6) is -3.26. The lowest BCUT2D eigenvalue weighted by Crippen LogP contribution is -2.56. The molecule has 0 rings (SSSR count). The average Bonchev–Trinajstić information content (AvgIpc) is 2.82. The maximum Gasteiger partial charge on any atom is 0.326 e. The molecule has 13 N–H and O–H groups in total. The molecule has 0 aliphatic carbocycles. The molecule has 0 aromatic carbocycles. The second kappa shape index (κ2) is 18.5. The van der Waals surface area contributed by atoms with Gasteiger partial charge in [-0.25, -0.2) is 4.79 Å². The molecule has 0 fully saturated rings. The van der Waals surface area contributed by atoms with Crippen molar-refractivity contribution in [3.05, 3.63) is 10.4 Å². The molecule has 204 valence electrons. The lowest BCUT2D eigenvalue weighted by Gasteiger charge is -2.23. The molecule has 0 aromatic heterocycles. The number of aliphatic carboxylic acids is 1. The number of carbonyl (C=O) groups is 4. The fourth-order valence-electron chi connectivity index (χ4n) is 2.93. The first-order chi connectivity index (χ1) is 17.0. The molecule has 36 heavy (non-hydrogen) atoms. The Labute approximate surface area is 208 Å². The Balaban J connectivity index is 4.81. The number of carbonyl (C=O) groups excluding carboxylic acids is 3. The van der Waals surface area contributed by atoms with Crippen LogP contribution >= 0.6 is 0 Å². The Morgan fingerprint density at radius 3 is 2.19 bits per heavy atom. The molecular formula is C19H38N12O5. The van der Waals surface area contributed by atoms with Crippen molar-refractivity contribution < 1.29 is 24.3 Å². The Morgan fingerprint density at radius 1 is 0.944 bits per heavy atom. The van der Waals surface area contributed by atoms with Crippen LogP contribution in [-0.2, 0) is 19.2 Å². The van der Waals surface area contributed by atoms with Gasteiger partial charge in [-0.1, -0.05) is 0 Å². The second-order valence-electron chi connectivity index (χ2n) is 7.92. The van der Waals surface area contributed by atoms with Gasteiger partial charge in [-0.05, 0) is 57.2 Å². The number of hydrogen-bond acceptors (Lipinski definition) is 8. The maximum atomic E-state index is 12.7. The zero-order valence-electron chi connectivity index (χ0n) is 20.4. The molecule has 0 spiro atoms. The third kappa shape index (κ3) is 14.4. The molecule has 0 saturated carbocycles. The van der Waals surface area contributed by atoms with Gasteiger partial charge in [0.15, 0.2) is 5.96 Å². The quantitative estimate of drug-likeness (QED) is 0.0163. The van der Waals surface area contributed by atoms with Crippen LogP contribution in [-0.4, -0.2) is 78.6 Å². The summed E-state index contributed by atoms with van der Waals surface area (Å²) >= 11 is 0. The van der Waals surface area contributed by atoms with Crippen molar-refractivity contribution in [2.45, 2.75) is 69.6 Å². The highest BCUT2D eigenvalue weighted by Gasteiger charge is 2.28. The Morgan fingerprint density at radius 2 is 1.61 bits per heavy atom. The van der Waals surface area contributed by atoms with Gasteiger partial charge in [0.05, 0.1) is 12.6 Å². The number of amides is 3. The number of aliphatic imine (C=N–C) groups is 1. The summed E-state index contributed by atoms with van der Waals surface area (Å²) in [5.41, 5.74) is 32.5. The normalized spacial score (nSPS) is 13.6. The number of hydrogen-bond donors (Lipinski definition) is 9. The molecular weight excluding hydrogens is 476 g/mol. The summed E-state index contributed by atoms with van der Waals surface area (Å²) in [6, 6.07) is -4.21. The summed E-state index contributed by atoms with van der Waals surface area (Å²) in [4.78, 5) is 55.3. The van der Waals surface area contributed by atoms with Crippen LogP contribution in [0.2, 0.25) is 0 Å². The highest BCUT2D eigenvalue weighted by atomic mass is 16.4. The van der Waals surface area contributed by atoms with Crippen molar-refractivity contribution in [1.82, 2.24) is 21.4 Å². The zero-order valence-corrected chi connectivity index (χ0v) is 20.4. The molecule has 3 amide bonds. The number of nitrogens with zero attached hydrogens (tertiary/aromatic N) is 4. The predicted octanol–water partition coefficient (Wildman–Crippen LogP) is -2.74. The van der Waals surface area contributed by atoms with E-state index in [9.17, 15) is 24.3 Å². The fraction of sp³-hybridized carbons (Fsp3) is 0.737. The maximum absolute atomic E-state index is 12.7. The number of azide groups is 1. The largest absolute Gasteiger partial charge is 0.480 e. The van der Waals surface area contributed by atoms with Crippen LogP contribution in [0.25, 0.3) is 10.4 Å². The van der Waals surface area contributed by atoms with E-state index in [0.29, 0.717) is 32.4 Å². The van der Waals surface area contributed by atoms with E-state index in [1.807, 2.05) is 0 Å². The highest BCUT2D eigenvalue weighted by Crippen LogP contribution is 2.03. The van der Waals surface area contributed by atoms with Crippen LogP contribution in [0, 0.1) is 0 Å². The lowest BCUT2D eigenvalue weighted by molar-refractivity contribution is -0.142. The molecule has 0 bridgehead atoms. The standard InChI is InChI=1S/C19H38N12O5/c1-11(27-16(33)12(21)5-4-9-25-19(22)23)15(32)28-13(7-8-20)17(34)29-14(18(35)36)6-2-3-10-26-31-30-24/h11-14,26H,2-10,20-21H2,1H3,(H,27,33)(H,28,32)(H,29,34)(H,35,36)(H4,22,23,25)/t11-,12-,13-,14-/m0/s1. The topological polar surface area (TPSA) is 302 Å². The molecule has 0 aliphatic heterocycles. The minimum atomic E-state index is -1.24. The zero-order chi connectivity index (χ0) is 27.5. The van der Waals surface area contributed by atoms with Crippen LogP contribution in [0.5, 0.6) is 0 Å². The van der Waals surface area contributed by atoms with Crippen LogP contribution in [0.15, 0.2) is 10.2 Å². The van der Waals surface area contributed by atoms with E-state index < -0.39 is 47.9 Å². The van der Waals surface area contributed by atoms with Crippen molar-refractivity contribution in [3.63, 3.8) is 0 Å². The molecule has 0 radical (unpaired) electrons. The van der Waals surface area contributed by atoms with E-state index in [1.165, 1.54) is 6.92 Å². The first-order valence-corrected chi connectivity index (χ1v) is 11.4. The summed E-state index contributed by atoms with van der Waals surface area (Å²) in [6.07, 6.45) is 1.85. The number of unbranched alkanes of at least 4 members (excludes halogenated alkanes) is 1. The van der Waals surface area contributed by atoms with Crippen molar-refractivity contribution in [2.75, 3.05) is 19.6 Å². The summed E-state index contributed by atoms with van der Waals surface area (Å²) < 4.78 is 0. The third-order valence-corrected chi connectivity index (χ3v) is 4.91. The second-order valence-corrected chi connectivity index (χ2v) is 7.92. The molecule has 0 aromatic rings. The van der Waals surface area contributed by atoms with E-state index in [4.69, 9.17) is 28.5 Å². The SMILES string of the molecule is C[C@H](NC(=O)[C@@H](N)CCCN=C(N)N)C(=O)N[C@@H](CCN)C(=O)N[C@@H](CCCCNN=[N+]=[N-])C(=O)O. The van der Waals surface area contributed by atoms with Gasteiger partial charge in [-0.2, -0.15) is 4.91 Å². The van der Waals surface area contributed by atoms with Gasteiger partial charge in [-0.3, -0.25) is 24.8 Å². The van der Waals surface area contributed by atoms with Crippen LogP contribution in [0.1, 0.15) is 45.4 Å². The average molecular weight is 515 g/mol. The van der Waals surface area contributed by atoms with Gasteiger partial charge in [0, 0.05) is 6.54 Å². The van der Waals surface area contributed by atoms with E-state index in [2.05, 4.69) is 36.5 Å². The minimum Gasteiger partial charge on any atom is -0.480 e. The smallest absolute Gasteiger partial charge is 0.326 e. The third-order valence-electron chi connectivity index (χ3n) is 4.91. The molecule has 4 atom stereocenters. The van der Waals surface area contributed by atoms with E-state index in [-0.39, 0.29) is 31.8 Å². The van der Waals surface area contributed by atoms with Crippen LogP contribution < -0.4 is 44.3 Å². The molecule has 17 nitrogen and oxygen atoms in total. The van der Waals surface area contributed by atoms with E-state index in [0.717, 1.165) is 0 Å². The number of carboxylic acids is 1. The van der Waals surface area contributed by atoms with Gasteiger partial charge in [-0.15, -0.1) is 5.53 Å². The van der Waals surface area contributed by atoms with Crippen molar-refractivity contribution in [2.24, 2.45) is 33.2 Å². The molecule has 0 heterocycles. The van der Waals surface area contributed by atoms with Gasteiger partial charge in [0.1, 0.15) is 18.1 Å². The van der Waals surface area contributed by atoms with Gasteiger partial charge < -0.3 is 44.0 Å². The number of rotatable bonds is 19. The molecule has 0 unspecified atom stereocenters. The Bertz CT molecular complexity index is 798. The Hall–Kier alpha value is -3.82. The van der Waals surface area contributed by atoms with Gasteiger partial charge >= 0.3 is 5.97 Å². The predicted molar refractivity (Wildman–Crippen MR) is 132 cm³/mol. The Kier molecular flexibility index (Phi) is 16.5. The highest BCUT2D eigenvalue weighted by molar-refractivity contribution is 5.93. The lowest BCUT2D eigenvalue weighted by atomic mass is 10.1. The first-order valence-electron chi connectivity index (χ1n) is 11.4. The number of nitrogens with one attached hydrogen (secondary N) is 4. The van der Waals surface area contributed by atoms with Crippen LogP contribution in [0.4, 0.5) is 0 Å². The van der Waals surface area contributed by atoms with E-state index in [1.54, 1.807) is 0 Å². The molecule has 17 heteroatoms. The van der Waals surface area contributed by atoms with Crippen molar-refractivity contribution in [3.8, 4) is 0 Å². The minimum absolute atomic E-state index is 0.0442. The monoisotopic (exact) mass is 514 g/mol. The van der Waals surface area contributed by atoms with Gasteiger partial charge in [0.2, 0.25) is 17.7 Å². The molecule has 0 aliphatic rings. The fourth-order valence-corrected chi connectivity index (χ4v) is 2.93. The number of nitrogens with two attached hydrogens (primary N) is 4. The van der Waals surface area contributed by atoms with Gasteiger partial charge in [0.25, 0.3) is 0 Å². The summed E-state index contributed by atoms with van der Waals surface area (Å²) in [5, 5.41) is 19.9. The summed E-state index contributed by atoms with van der Waals surface area (Å²) in [7, 11) is 0. The number of guanidine groups is 1. The first kappa shape index (κ1) is 32.2. The number of carboxylic acid groups (broad SMARTS) is 1.